The number of hydrogen-bond acceptors (Lipinski definition) is 3. The van der Waals surface area contributed by atoms with E-state index < -0.39 is 0 Å². The van der Waals surface area contributed by atoms with Gasteiger partial charge in [0.1, 0.15) is 0 Å². The van der Waals surface area contributed by atoms with Crippen molar-refractivity contribution in [3.8, 4) is 0 Å². The molecule has 3 unspecified atom stereocenters. The average Bonchev–Trinajstić information content (AvgIpc) is 2.75. The van der Waals surface area contributed by atoms with Gasteiger partial charge in [-0.1, -0.05) is 12.8 Å². The lowest BCUT2D eigenvalue weighted by Gasteiger charge is -2.49. The number of ether oxygens (including phenoxy) is 1. The van der Waals surface area contributed by atoms with Crippen LogP contribution >= 0.6 is 0 Å². The minimum atomic E-state index is -0.0734. The quantitative estimate of drug-likeness (QED) is 0.792. The summed E-state index contributed by atoms with van der Waals surface area (Å²) < 4.78 is 5.80. The van der Waals surface area contributed by atoms with Crippen molar-refractivity contribution in [2.75, 3.05) is 19.7 Å². The predicted octanol–water partition coefficient (Wildman–Crippen LogP) is 2.57. The minimum Gasteiger partial charge on any atom is -0.393 e. The van der Waals surface area contributed by atoms with E-state index in [0.717, 1.165) is 39.0 Å². The molecule has 1 aliphatic heterocycles. The van der Waals surface area contributed by atoms with Gasteiger partial charge in [0.2, 0.25) is 0 Å². The van der Waals surface area contributed by atoms with Crippen molar-refractivity contribution in [3.63, 3.8) is 0 Å². The van der Waals surface area contributed by atoms with Crippen LogP contribution in [0.2, 0.25) is 0 Å². The molecule has 0 aromatic rings. The highest BCUT2D eigenvalue weighted by Crippen LogP contribution is 2.51. The Morgan fingerprint density at radius 3 is 2.74 bits per heavy atom. The van der Waals surface area contributed by atoms with E-state index >= 15 is 0 Å². The molecule has 3 nitrogen and oxygen atoms in total. The maximum Gasteiger partial charge on any atom is 0.0674 e. The fourth-order valence-electron chi connectivity index (χ4n) is 4.75. The third-order valence-electron chi connectivity index (χ3n) is 5.70. The summed E-state index contributed by atoms with van der Waals surface area (Å²) in [5.74, 6) is 0. The summed E-state index contributed by atoms with van der Waals surface area (Å²) >= 11 is 0. The molecule has 3 heteroatoms. The summed E-state index contributed by atoms with van der Waals surface area (Å²) in [5, 5.41) is 10.1. The molecule has 1 spiro atoms. The first-order chi connectivity index (χ1) is 9.20. The van der Waals surface area contributed by atoms with Crippen molar-refractivity contribution in [1.82, 2.24) is 4.90 Å². The van der Waals surface area contributed by atoms with Crippen LogP contribution in [0.4, 0.5) is 0 Å². The second-order valence-corrected chi connectivity index (χ2v) is 7.04. The topological polar surface area (TPSA) is 32.7 Å². The van der Waals surface area contributed by atoms with Crippen LogP contribution in [-0.2, 0) is 4.74 Å². The molecule has 1 saturated heterocycles. The number of nitrogens with zero attached hydrogens (tertiary/aromatic N) is 1. The average molecular weight is 267 g/mol. The molecule has 110 valence electrons. The molecule has 0 aromatic carbocycles. The second kappa shape index (κ2) is 5.71. The van der Waals surface area contributed by atoms with E-state index in [4.69, 9.17) is 4.74 Å². The molecule has 1 heterocycles. The van der Waals surface area contributed by atoms with Gasteiger partial charge in [-0.2, -0.15) is 0 Å². The highest BCUT2D eigenvalue weighted by atomic mass is 16.5. The SMILES string of the molecule is CC1CN(C2CC(O)CCC23CCCC3)CCCO1. The van der Waals surface area contributed by atoms with Gasteiger partial charge < -0.3 is 9.84 Å². The van der Waals surface area contributed by atoms with E-state index in [1.54, 1.807) is 0 Å². The van der Waals surface area contributed by atoms with Gasteiger partial charge >= 0.3 is 0 Å². The van der Waals surface area contributed by atoms with E-state index in [1.165, 1.54) is 32.1 Å². The van der Waals surface area contributed by atoms with Crippen LogP contribution in [0.3, 0.4) is 0 Å². The van der Waals surface area contributed by atoms with Crippen LogP contribution < -0.4 is 0 Å². The molecule has 19 heavy (non-hydrogen) atoms. The monoisotopic (exact) mass is 267 g/mol. The van der Waals surface area contributed by atoms with E-state index in [-0.39, 0.29) is 6.10 Å². The van der Waals surface area contributed by atoms with Crippen molar-refractivity contribution < 1.29 is 9.84 Å². The first kappa shape index (κ1) is 13.8. The van der Waals surface area contributed by atoms with Gasteiger partial charge in [0.25, 0.3) is 0 Å². The molecule has 0 bridgehead atoms. The van der Waals surface area contributed by atoms with E-state index in [1.807, 2.05) is 0 Å². The van der Waals surface area contributed by atoms with Crippen molar-refractivity contribution in [1.29, 1.82) is 0 Å². The van der Waals surface area contributed by atoms with E-state index in [2.05, 4.69) is 11.8 Å². The molecule has 1 N–H and O–H groups in total. The number of hydrogen-bond donors (Lipinski definition) is 1. The lowest BCUT2D eigenvalue weighted by atomic mass is 9.67. The van der Waals surface area contributed by atoms with Gasteiger partial charge in [0, 0.05) is 25.7 Å². The zero-order chi connectivity index (χ0) is 13.3. The summed E-state index contributed by atoms with van der Waals surface area (Å²) in [4.78, 5) is 2.66. The van der Waals surface area contributed by atoms with Crippen molar-refractivity contribution in [2.24, 2.45) is 5.41 Å². The fraction of sp³-hybridized carbons (Fsp3) is 1.00. The molecular formula is C16H29NO2. The first-order valence-corrected chi connectivity index (χ1v) is 8.23. The molecule has 3 aliphatic rings. The van der Waals surface area contributed by atoms with Crippen molar-refractivity contribution in [2.45, 2.75) is 76.5 Å². The lowest BCUT2D eigenvalue weighted by Crippen LogP contribution is -2.53. The van der Waals surface area contributed by atoms with Crippen LogP contribution in [0.25, 0.3) is 0 Å². The molecule has 0 radical (unpaired) electrons. The molecule has 0 aromatic heterocycles. The Kier molecular flexibility index (Phi) is 4.16. The maximum atomic E-state index is 10.1. The van der Waals surface area contributed by atoms with Crippen molar-refractivity contribution in [3.05, 3.63) is 0 Å². The Morgan fingerprint density at radius 2 is 1.95 bits per heavy atom. The fourth-order valence-corrected chi connectivity index (χ4v) is 4.75. The van der Waals surface area contributed by atoms with Crippen LogP contribution in [0.5, 0.6) is 0 Å². The minimum absolute atomic E-state index is 0.0734. The van der Waals surface area contributed by atoms with Crippen molar-refractivity contribution >= 4 is 0 Å². The molecule has 2 aliphatic carbocycles. The van der Waals surface area contributed by atoms with E-state index in [0.29, 0.717) is 17.6 Å². The van der Waals surface area contributed by atoms with E-state index in [9.17, 15) is 5.11 Å². The van der Waals surface area contributed by atoms with Gasteiger partial charge in [0.05, 0.1) is 12.2 Å². The Bertz CT molecular complexity index is 301. The summed E-state index contributed by atoms with van der Waals surface area (Å²) in [6.07, 6.45) is 10.2. The standard InChI is InChI=1S/C16H29NO2/c1-13-12-17(9-4-10-19-13)15-11-14(18)5-8-16(15)6-2-3-7-16/h13-15,18H,2-12H2,1H3. The Hall–Kier alpha value is -0.120. The van der Waals surface area contributed by atoms with Gasteiger partial charge in [-0.15, -0.1) is 0 Å². The summed E-state index contributed by atoms with van der Waals surface area (Å²) in [7, 11) is 0. The van der Waals surface area contributed by atoms with Crippen LogP contribution in [0.1, 0.15) is 58.3 Å². The smallest absolute Gasteiger partial charge is 0.0674 e. The zero-order valence-corrected chi connectivity index (χ0v) is 12.3. The van der Waals surface area contributed by atoms with Gasteiger partial charge in [-0.25, -0.2) is 0 Å². The molecule has 3 fully saturated rings. The largest absolute Gasteiger partial charge is 0.393 e. The Balaban J connectivity index is 1.77. The summed E-state index contributed by atoms with van der Waals surface area (Å²) in [6.45, 7) is 5.31. The van der Waals surface area contributed by atoms with Crippen LogP contribution in [0, 0.1) is 5.41 Å². The zero-order valence-electron chi connectivity index (χ0n) is 12.3. The number of rotatable bonds is 1. The third-order valence-corrected chi connectivity index (χ3v) is 5.70. The Morgan fingerprint density at radius 1 is 1.16 bits per heavy atom. The lowest BCUT2D eigenvalue weighted by molar-refractivity contribution is -0.0342. The molecule has 0 amide bonds. The maximum absolute atomic E-state index is 10.1. The predicted molar refractivity (Wildman–Crippen MR) is 76.2 cm³/mol. The molecule has 3 atom stereocenters. The highest BCUT2D eigenvalue weighted by molar-refractivity contribution is 5.00. The molecule has 3 rings (SSSR count). The summed E-state index contributed by atoms with van der Waals surface area (Å²) in [6, 6.07) is 0.600. The highest BCUT2D eigenvalue weighted by Gasteiger charge is 2.47. The van der Waals surface area contributed by atoms with Crippen LogP contribution in [0.15, 0.2) is 0 Å². The first-order valence-electron chi connectivity index (χ1n) is 8.23. The molecule has 2 saturated carbocycles. The van der Waals surface area contributed by atoms with Crippen LogP contribution in [-0.4, -0.2) is 48.0 Å². The third kappa shape index (κ3) is 2.84. The van der Waals surface area contributed by atoms with Gasteiger partial charge in [0.15, 0.2) is 0 Å². The number of aliphatic hydroxyl groups excluding tert-OH is 1. The second-order valence-electron chi connectivity index (χ2n) is 7.04. The van der Waals surface area contributed by atoms with Gasteiger partial charge in [-0.05, 0) is 50.9 Å². The van der Waals surface area contributed by atoms with Gasteiger partial charge in [-0.3, -0.25) is 4.90 Å². The normalized spacial score (nSPS) is 40.4. The Labute approximate surface area is 117 Å². The summed E-state index contributed by atoms with van der Waals surface area (Å²) in [5.41, 5.74) is 0.517. The molecular weight excluding hydrogens is 238 g/mol. The number of aliphatic hydroxyl groups is 1.